The predicted octanol–water partition coefficient (Wildman–Crippen LogP) is 5.52. The molecule has 0 bridgehead atoms. The monoisotopic (exact) mass is 643 g/mol. The van der Waals surface area contributed by atoms with Crippen molar-refractivity contribution in [2.24, 2.45) is 5.92 Å². The lowest BCUT2D eigenvalue weighted by Gasteiger charge is -2.38. The van der Waals surface area contributed by atoms with Gasteiger partial charge in [0, 0.05) is 31.2 Å². The van der Waals surface area contributed by atoms with E-state index in [0.29, 0.717) is 31.1 Å². The molecular weight excluding hydrogens is 602 g/mol. The number of benzene rings is 4. The molecule has 0 unspecified atom stereocenters. The van der Waals surface area contributed by atoms with Crippen molar-refractivity contribution in [3.05, 3.63) is 108 Å². The number of carbonyl (C=O) groups is 1. The van der Waals surface area contributed by atoms with Crippen LogP contribution in [0.4, 0.5) is 5.69 Å². The van der Waals surface area contributed by atoms with Gasteiger partial charge in [0.25, 0.3) is 15.9 Å². The molecule has 2 N–H and O–H groups in total. The number of carbonyl (C=O) groups excluding carboxylic acids is 1. The SMILES string of the molecule is COc1ccc(S(=O)(=O)Nc2ccc3c(c2)C(=O)N([C@@H](C)CO)C[C@H](C)[C@H](CN(C)Cc2ccc(-c4ccccc4)cc2)O3)cc1. The highest BCUT2D eigenvalue weighted by atomic mass is 32.2. The molecule has 3 atom stereocenters. The zero-order chi connectivity index (χ0) is 32.8. The second-order valence-electron chi connectivity index (χ2n) is 11.9. The van der Waals surface area contributed by atoms with Crippen LogP contribution >= 0.6 is 0 Å². The van der Waals surface area contributed by atoms with Crippen LogP contribution in [-0.4, -0.2) is 75.2 Å². The summed E-state index contributed by atoms with van der Waals surface area (Å²) in [4.78, 5) is 17.7. The molecule has 0 fully saturated rings. The van der Waals surface area contributed by atoms with Gasteiger partial charge in [-0.1, -0.05) is 61.5 Å². The third-order valence-corrected chi connectivity index (χ3v) is 9.69. The Labute approximate surface area is 271 Å². The molecule has 46 heavy (non-hydrogen) atoms. The number of ether oxygens (including phenoxy) is 2. The third kappa shape index (κ3) is 7.70. The minimum absolute atomic E-state index is 0.0535. The summed E-state index contributed by atoms with van der Waals surface area (Å²) in [6.45, 7) is 5.29. The Kier molecular flexibility index (Phi) is 10.3. The van der Waals surface area contributed by atoms with Gasteiger partial charge in [-0.25, -0.2) is 8.42 Å². The fraction of sp³-hybridized carbons (Fsp3) is 0.306. The lowest BCUT2D eigenvalue weighted by molar-refractivity contribution is 0.0341. The van der Waals surface area contributed by atoms with Crippen LogP contribution in [-0.2, 0) is 16.6 Å². The number of nitrogens with one attached hydrogen (secondary N) is 1. The number of methoxy groups -OCH3 is 1. The van der Waals surface area contributed by atoms with Gasteiger partial charge in [-0.3, -0.25) is 14.4 Å². The highest BCUT2D eigenvalue weighted by Gasteiger charge is 2.34. The Morgan fingerprint density at radius 3 is 2.33 bits per heavy atom. The maximum Gasteiger partial charge on any atom is 0.261 e. The molecule has 4 aromatic carbocycles. The van der Waals surface area contributed by atoms with Crippen LogP contribution in [0, 0.1) is 5.92 Å². The molecule has 9 nitrogen and oxygen atoms in total. The molecule has 0 saturated carbocycles. The van der Waals surface area contributed by atoms with Crippen LogP contribution in [0.3, 0.4) is 0 Å². The smallest absolute Gasteiger partial charge is 0.261 e. The first kappa shape index (κ1) is 33.0. The van der Waals surface area contributed by atoms with Crippen molar-refractivity contribution < 1.29 is 27.8 Å². The predicted molar refractivity (Wildman–Crippen MR) is 180 cm³/mol. The highest BCUT2D eigenvalue weighted by Crippen LogP contribution is 2.32. The van der Waals surface area contributed by atoms with Gasteiger partial charge in [0.15, 0.2) is 0 Å². The summed E-state index contributed by atoms with van der Waals surface area (Å²) in [5.74, 6) is 0.516. The normalized spacial score (nSPS) is 17.4. The van der Waals surface area contributed by atoms with E-state index in [4.69, 9.17) is 9.47 Å². The number of aliphatic hydroxyl groups is 1. The van der Waals surface area contributed by atoms with E-state index in [1.807, 2.05) is 32.2 Å². The summed E-state index contributed by atoms with van der Waals surface area (Å²) in [7, 11) is -0.388. The average molecular weight is 644 g/mol. The summed E-state index contributed by atoms with van der Waals surface area (Å²) in [6, 6.07) is 29.1. The number of anilines is 1. The van der Waals surface area contributed by atoms with Crippen molar-refractivity contribution >= 4 is 21.6 Å². The summed E-state index contributed by atoms with van der Waals surface area (Å²) in [5.41, 5.74) is 3.95. The van der Waals surface area contributed by atoms with Crippen LogP contribution < -0.4 is 14.2 Å². The molecule has 242 valence electrons. The van der Waals surface area contributed by atoms with Crippen LogP contribution in [0.15, 0.2) is 102 Å². The van der Waals surface area contributed by atoms with Crippen molar-refractivity contribution in [1.29, 1.82) is 0 Å². The maximum atomic E-state index is 13.8. The Morgan fingerprint density at radius 2 is 1.67 bits per heavy atom. The first-order valence-electron chi connectivity index (χ1n) is 15.3. The molecule has 0 radical (unpaired) electrons. The van der Waals surface area contributed by atoms with Crippen LogP contribution in [0.25, 0.3) is 11.1 Å². The van der Waals surface area contributed by atoms with Gasteiger partial charge in [0.2, 0.25) is 0 Å². The van der Waals surface area contributed by atoms with E-state index < -0.39 is 16.1 Å². The lowest BCUT2D eigenvalue weighted by atomic mass is 9.99. The van der Waals surface area contributed by atoms with E-state index in [-0.39, 0.29) is 40.7 Å². The van der Waals surface area contributed by atoms with Gasteiger partial charge >= 0.3 is 0 Å². The van der Waals surface area contributed by atoms with Crippen molar-refractivity contribution in [1.82, 2.24) is 9.80 Å². The molecule has 10 heteroatoms. The van der Waals surface area contributed by atoms with Gasteiger partial charge in [0.05, 0.1) is 30.2 Å². The second kappa shape index (κ2) is 14.4. The van der Waals surface area contributed by atoms with Gasteiger partial charge in [-0.05, 0) is 73.1 Å². The topological polar surface area (TPSA) is 108 Å². The quantitative estimate of drug-likeness (QED) is 0.222. The fourth-order valence-corrected chi connectivity index (χ4v) is 6.64. The summed E-state index contributed by atoms with van der Waals surface area (Å²) < 4.78 is 40.5. The number of aliphatic hydroxyl groups excluding tert-OH is 1. The van der Waals surface area contributed by atoms with Crippen LogP contribution in [0.5, 0.6) is 11.5 Å². The van der Waals surface area contributed by atoms with E-state index in [1.165, 1.54) is 36.4 Å². The number of rotatable bonds is 11. The zero-order valence-electron chi connectivity index (χ0n) is 26.6. The zero-order valence-corrected chi connectivity index (χ0v) is 27.4. The number of fused-ring (bicyclic) bond motifs is 1. The molecule has 0 aliphatic carbocycles. The Hall–Kier alpha value is -4.38. The molecule has 5 rings (SSSR count). The number of hydrogen-bond acceptors (Lipinski definition) is 7. The summed E-state index contributed by atoms with van der Waals surface area (Å²) in [6.07, 6.45) is -0.282. The van der Waals surface area contributed by atoms with E-state index in [9.17, 15) is 18.3 Å². The van der Waals surface area contributed by atoms with Gasteiger partial charge in [-0.2, -0.15) is 0 Å². The van der Waals surface area contributed by atoms with E-state index in [2.05, 4.69) is 46.0 Å². The Balaban J connectivity index is 1.36. The van der Waals surface area contributed by atoms with E-state index in [1.54, 1.807) is 36.1 Å². The van der Waals surface area contributed by atoms with Gasteiger partial charge in [-0.15, -0.1) is 0 Å². The molecule has 0 aromatic heterocycles. The first-order chi connectivity index (χ1) is 22.1. The van der Waals surface area contributed by atoms with Gasteiger partial charge in [0.1, 0.15) is 17.6 Å². The molecule has 1 aliphatic heterocycles. The van der Waals surface area contributed by atoms with Crippen molar-refractivity contribution in [2.45, 2.75) is 37.4 Å². The standard InChI is InChI=1S/C36H41N3O6S/c1-25-21-39(26(2)24-40)36(41)33-20-30(37-46(42,43)32-17-15-31(44-4)16-18-32)14-19-34(33)45-35(25)23-38(3)22-27-10-12-29(13-11-27)28-8-6-5-7-9-28/h5-20,25-26,35,37,40H,21-24H2,1-4H3/t25-,26-,35-/m0/s1. The molecule has 0 saturated heterocycles. The third-order valence-electron chi connectivity index (χ3n) is 8.29. The minimum Gasteiger partial charge on any atom is -0.497 e. The fourth-order valence-electron chi connectivity index (χ4n) is 5.59. The van der Waals surface area contributed by atoms with Crippen LogP contribution in [0.1, 0.15) is 29.8 Å². The van der Waals surface area contributed by atoms with E-state index in [0.717, 1.165) is 5.56 Å². The molecule has 1 aliphatic rings. The van der Waals surface area contributed by atoms with E-state index >= 15 is 0 Å². The molecule has 1 heterocycles. The molecular formula is C36H41N3O6S. The number of hydrogen-bond donors (Lipinski definition) is 2. The maximum absolute atomic E-state index is 13.8. The number of nitrogens with zero attached hydrogens (tertiary/aromatic N) is 2. The van der Waals surface area contributed by atoms with Gasteiger partial charge < -0.3 is 19.5 Å². The summed E-state index contributed by atoms with van der Waals surface area (Å²) in [5, 5.41) is 10.0. The van der Waals surface area contributed by atoms with Crippen molar-refractivity contribution in [3.8, 4) is 22.6 Å². The number of sulfonamides is 1. The minimum atomic E-state index is -3.93. The van der Waals surface area contributed by atoms with Crippen LogP contribution in [0.2, 0.25) is 0 Å². The largest absolute Gasteiger partial charge is 0.497 e. The molecule has 1 amide bonds. The number of amides is 1. The first-order valence-corrected chi connectivity index (χ1v) is 16.8. The summed E-state index contributed by atoms with van der Waals surface area (Å²) >= 11 is 0. The number of likely N-dealkylation sites (N-methyl/N-ethyl adjacent to an activating group) is 1. The van der Waals surface area contributed by atoms with Crippen molar-refractivity contribution in [2.75, 3.05) is 38.6 Å². The Morgan fingerprint density at radius 1 is 1.00 bits per heavy atom. The molecule has 0 spiro atoms. The highest BCUT2D eigenvalue weighted by molar-refractivity contribution is 7.92. The average Bonchev–Trinajstić information content (AvgIpc) is 3.07. The lowest BCUT2D eigenvalue weighted by Crippen LogP contribution is -2.49. The molecule has 4 aromatic rings. The second-order valence-corrected chi connectivity index (χ2v) is 13.6. The van der Waals surface area contributed by atoms with Crippen molar-refractivity contribution in [3.63, 3.8) is 0 Å². The Bertz CT molecular complexity index is 1730.